The number of ether oxygens (including phenoxy) is 3. The summed E-state index contributed by atoms with van der Waals surface area (Å²) in [4.78, 5) is 200. The van der Waals surface area contributed by atoms with E-state index in [1.165, 1.54) is 90.9 Å². The van der Waals surface area contributed by atoms with Crippen LogP contribution in [0, 0.1) is 41.4 Å². The van der Waals surface area contributed by atoms with E-state index in [0.29, 0.717) is 0 Å². The van der Waals surface area contributed by atoms with E-state index < -0.39 is 185 Å². The van der Waals surface area contributed by atoms with Gasteiger partial charge in [-0.25, -0.2) is 0 Å². The second-order valence-electron chi connectivity index (χ2n) is 29.1. The van der Waals surface area contributed by atoms with Gasteiger partial charge >= 0.3 is 11.9 Å². The zero-order valence-electron chi connectivity index (χ0n) is 64.2. The zero-order chi connectivity index (χ0) is 76.7. The molecule has 13 atom stereocenters. The molecule has 0 aromatic heterocycles. The maximum atomic E-state index is 15.7. The highest BCUT2D eigenvalue weighted by atomic mass is 16.5. The SMILES string of the molecule is C=CCOC(C)(C)C[C@H]1C(=O)N[C@@H](C(C)C)C(=O)N(C)[C@@H](CC(C)C)C(=O)N[C@@H](C)C(=O)N[C@H](C)C(=O)N(C)[C@@H](CC(C)C)C(=O)N(C)[C@@H](CC(C)C)C(=O)N(C)[C@@H](C(C)C)C(=O)N(C)[C@@H]([C@H](O)[C@H](C)C/C=C/C)C(=O)N[C@@H](CC)C(=O)N(C)C(CC(C(=O)OC)C(=O)OC)C(=O)N1C. The molecule has 1 aliphatic rings. The van der Waals surface area contributed by atoms with Crippen molar-refractivity contribution in [3.63, 3.8) is 0 Å². The second kappa shape index (κ2) is 40.7. The quantitative estimate of drug-likeness (QED) is 0.0590. The maximum Gasteiger partial charge on any atom is 0.320 e. The monoisotopic (exact) mass is 1400 g/mol. The van der Waals surface area contributed by atoms with Gasteiger partial charge in [0.2, 0.25) is 65.0 Å². The van der Waals surface area contributed by atoms with Gasteiger partial charge in [0.15, 0.2) is 5.92 Å². The normalized spacial score (nSPS) is 25.5. The molecule has 28 nitrogen and oxygen atoms in total. The minimum absolute atomic E-state index is 0.0157. The van der Waals surface area contributed by atoms with Gasteiger partial charge in [-0.15, -0.1) is 6.58 Å². The Bertz CT molecular complexity index is 2810. The highest BCUT2D eigenvalue weighted by Crippen LogP contribution is 2.28. The van der Waals surface area contributed by atoms with Gasteiger partial charge in [-0.3, -0.25) is 62.3 Å². The van der Waals surface area contributed by atoms with E-state index in [4.69, 9.17) is 14.2 Å². The summed E-state index contributed by atoms with van der Waals surface area (Å²) in [5.74, 6) is -16.0. The molecule has 1 saturated heterocycles. The van der Waals surface area contributed by atoms with Crippen LogP contribution in [0.5, 0.6) is 0 Å². The lowest BCUT2D eigenvalue weighted by atomic mass is 9.91. The molecule has 1 unspecified atom stereocenters. The molecule has 11 amide bonds. The number of carbonyl (C=O) groups is 13. The van der Waals surface area contributed by atoms with Gasteiger partial charge in [0, 0.05) is 62.2 Å². The number of rotatable bonds is 22. The van der Waals surface area contributed by atoms with E-state index in [0.717, 1.165) is 33.8 Å². The maximum absolute atomic E-state index is 15.7. The molecule has 564 valence electrons. The lowest BCUT2D eigenvalue weighted by molar-refractivity contribution is -0.162. The van der Waals surface area contributed by atoms with Crippen LogP contribution in [0.1, 0.15) is 163 Å². The number of hydrogen-bond acceptors (Lipinski definition) is 17. The third-order valence-corrected chi connectivity index (χ3v) is 18.4. The number of hydrogen-bond donors (Lipinski definition) is 5. The number of carbonyl (C=O) groups excluding carboxylic acids is 13. The Kier molecular flexibility index (Phi) is 36.8. The summed E-state index contributed by atoms with van der Waals surface area (Å²) in [7, 11) is 11.3. The van der Waals surface area contributed by atoms with Crippen LogP contribution in [0.4, 0.5) is 0 Å². The van der Waals surface area contributed by atoms with Crippen molar-refractivity contribution in [3.8, 4) is 0 Å². The second-order valence-corrected chi connectivity index (χ2v) is 29.1. The van der Waals surface area contributed by atoms with Gasteiger partial charge in [-0.05, 0) is 102 Å². The third-order valence-electron chi connectivity index (χ3n) is 18.4. The van der Waals surface area contributed by atoms with Crippen molar-refractivity contribution in [2.75, 3.05) is 70.2 Å². The van der Waals surface area contributed by atoms with Gasteiger partial charge in [0.05, 0.1) is 32.5 Å². The van der Waals surface area contributed by atoms with E-state index in [1.54, 1.807) is 67.5 Å². The number of nitrogens with zero attached hydrogens (tertiary/aromatic N) is 7. The molecule has 0 radical (unpaired) electrons. The van der Waals surface area contributed by atoms with Gasteiger partial charge in [-0.2, -0.15) is 0 Å². The smallest absolute Gasteiger partial charge is 0.320 e. The number of allylic oxidation sites excluding steroid dienone is 2. The first-order valence-corrected chi connectivity index (χ1v) is 34.6. The molecule has 1 heterocycles. The topological polar surface area (TPSA) is 341 Å². The number of aliphatic hydroxyl groups excluding tert-OH is 1. The Hall–Kier alpha value is -7.49. The Labute approximate surface area is 589 Å². The Balaban J connectivity index is 4.78. The van der Waals surface area contributed by atoms with Crippen molar-refractivity contribution in [2.24, 2.45) is 41.4 Å². The molecule has 0 aliphatic carbocycles. The molecule has 99 heavy (non-hydrogen) atoms. The summed E-state index contributed by atoms with van der Waals surface area (Å²) in [6, 6.07) is -15.8. The first-order valence-electron chi connectivity index (χ1n) is 34.6. The molecule has 0 aromatic rings. The third kappa shape index (κ3) is 25.0. The fourth-order valence-corrected chi connectivity index (χ4v) is 12.2. The Morgan fingerprint density at radius 3 is 1.37 bits per heavy atom. The van der Waals surface area contributed by atoms with Crippen LogP contribution in [-0.2, 0) is 76.5 Å². The van der Waals surface area contributed by atoms with Crippen molar-refractivity contribution in [2.45, 2.75) is 241 Å². The first kappa shape index (κ1) is 89.5. The summed E-state index contributed by atoms with van der Waals surface area (Å²) in [5, 5.41) is 23.2. The number of amides is 11. The minimum atomic E-state index is -1.87. The molecular weight excluding hydrogens is 1280 g/mol. The molecule has 0 aromatic carbocycles. The number of aliphatic hydroxyl groups is 1. The van der Waals surface area contributed by atoms with Crippen molar-refractivity contribution in [1.29, 1.82) is 0 Å². The van der Waals surface area contributed by atoms with Crippen molar-refractivity contribution >= 4 is 76.9 Å². The highest BCUT2D eigenvalue weighted by Gasteiger charge is 2.48. The highest BCUT2D eigenvalue weighted by molar-refractivity contribution is 6.01. The predicted octanol–water partition coefficient (Wildman–Crippen LogP) is 3.32. The summed E-state index contributed by atoms with van der Waals surface area (Å²) in [6.07, 6.45) is 2.50. The molecule has 1 rings (SSSR count). The Morgan fingerprint density at radius 1 is 0.515 bits per heavy atom. The largest absolute Gasteiger partial charge is 0.468 e. The summed E-state index contributed by atoms with van der Waals surface area (Å²) in [5.41, 5.74) is -1.25. The first-order chi connectivity index (χ1) is 45.8. The molecule has 0 saturated carbocycles. The van der Waals surface area contributed by atoms with Crippen LogP contribution in [0.3, 0.4) is 0 Å². The van der Waals surface area contributed by atoms with E-state index in [2.05, 4.69) is 27.8 Å². The standard InChI is InChI=1S/C71H123N11O17/c1-28-31-32-44(14)57(83)56-61(87)74-48(30-3)63(89)78(21)52(37-47(69(95)97-26)70(96)98-27)65(91)80(23)53(38-71(17,18)99-33-29-2)60(86)75-54(42(10)11)67(93)76(19)49(34-39(4)5)59(85)72-45(15)58(84)73-46(16)62(88)77(20)50(35-40(6)7)64(90)79(22)51(36-41(8)9)66(92)81(24)55(43(12)13)68(94)82(56)25/h28-29,31,39-57,83H,2,30,32-38H2,1,3-27H3,(H,72,85)(H,73,84)(H,74,87)(H,75,86)/b31-28+/t44-,45+,46-,48+,49+,50+,51+,52?,53+,54+,55+,56+,57-/m1/s1. The fourth-order valence-electron chi connectivity index (χ4n) is 12.2. The number of nitrogens with one attached hydrogen (secondary N) is 4. The average molecular weight is 1400 g/mol. The van der Waals surface area contributed by atoms with Crippen LogP contribution >= 0.6 is 0 Å². The molecule has 1 fully saturated rings. The molecule has 1 aliphatic heterocycles. The Morgan fingerprint density at radius 2 is 0.929 bits per heavy atom. The van der Waals surface area contributed by atoms with E-state index in [-0.39, 0.29) is 62.9 Å². The van der Waals surface area contributed by atoms with Crippen LogP contribution in [0.2, 0.25) is 0 Å². The van der Waals surface area contributed by atoms with Crippen LogP contribution in [0.25, 0.3) is 0 Å². The molecule has 0 spiro atoms. The van der Waals surface area contributed by atoms with Crippen LogP contribution < -0.4 is 21.3 Å². The van der Waals surface area contributed by atoms with E-state index in [1.807, 2.05) is 41.5 Å². The predicted molar refractivity (Wildman–Crippen MR) is 375 cm³/mol. The molecule has 5 N–H and O–H groups in total. The van der Waals surface area contributed by atoms with E-state index in [9.17, 15) is 29.1 Å². The van der Waals surface area contributed by atoms with Gasteiger partial charge in [0.1, 0.15) is 66.5 Å². The average Bonchev–Trinajstić information content (AvgIpc) is 0.807. The van der Waals surface area contributed by atoms with Gasteiger partial charge < -0.3 is 74.9 Å². The lowest BCUT2D eigenvalue weighted by Crippen LogP contribution is -2.64. The molecular formula is C71H123N11O17. The number of methoxy groups -OCH3 is 2. The van der Waals surface area contributed by atoms with Crippen molar-refractivity contribution in [3.05, 3.63) is 24.8 Å². The van der Waals surface area contributed by atoms with Crippen LogP contribution in [-0.4, -0.2) is 265 Å². The van der Waals surface area contributed by atoms with Gasteiger partial charge in [0.25, 0.3) is 0 Å². The summed E-state index contributed by atoms with van der Waals surface area (Å²) >= 11 is 0. The fraction of sp³-hybridized carbons (Fsp3) is 0.761. The summed E-state index contributed by atoms with van der Waals surface area (Å²) in [6.45, 7) is 32.4. The summed E-state index contributed by atoms with van der Waals surface area (Å²) < 4.78 is 16.1. The zero-order valence-corrected chi connectivity index (χ0v) is 64.2. The molecule has 0 bridgehead atoms. The number of esters is 2. The van der Waals surface area contributed by atoms with E-state index >= 15 is 38.4 Å². The van der Waals surface area contributed by atoms with Crippen molar-refractivity contribution in [1.82, 2.24) is 55.6 Å². The molecule has 28 heteroatoms. The number of likely N-dealkylation sites (N-methyl/N-ethyl adjacent to an activating group) is 7. The van der Waals surface area contributed by atoms with Gasteiger partial charge in [-0.1, -0.05) is 101 Å². The lowest BCUT2D eigenvalue weighted by Gasteiger charge is -2.42. The minimum Gasteiger partial charge on any atom is -0.468 e. The van der Waals surface area contributed by atoms with Crippen molar-refractivity contribution < 1.29 is 81.6 Å². The van der Waals surface area contributed by atoms with Crippen LogP contribution in [0.15, 0.2) is 24.8 Å².